The summed E-state index contributed by atoms with van der Waals surface area (Å²) in [5.41, 5.74) is 6.58. The Labute approximate surface area is 65.9 Å². The normalized spacial score (nSPS) is 9.91. The first-order valence-electron chi connectivity index (χ1n) is 3.65. The summed E-state index contributed by atoms with van der Waals surface area (Å²) in [6, 6.07) is 3.78. The van der Waals surface area contributed by atoms with Crippen LogP contribution in [0.1, 0.15) is 12.0 Å². The molecule has 1 aromatic heterocycles. The zero-order chi connectivity index (χ0) is 8.10. The van der Waals surface area contributed by atoms with Gasteiger partial charge >= 0.3 is 0 Å². The molecule has 0 radical (unpaired) electrons. The van der Waals surface area contributed by atoms with E-state index in [1.165, 1.54) is 0 Å². The van der Waals surface area contributed by atoms with Gasteiger partial charge in [-0.3, -0.25) is 0 Å². The minimum absolute atomic E-state index is 0.203. The second-order valence-corrected chi connectivity index (χ2v) is 2.37. The van der Waals surface area contributed by atoms with Gasteiger partial charge in [-0.2, -0.15) is 0 Å². The van der Waals surface area contributed by atoms with E-state index in [-0.39, 0.29) is 6.61 Å². The van der Waals surface area contributed by atoms with Crippen LogP contribution in [0.4, 0.5) is 5.82 Å². The second-order valence-electron chi connectivity index (χ2n) is 2.37. The number of nitrogens with two attached hydrogens (primary N) is 1. The fourth-order valence-electron chi connectivity index (χ4n) is 0.932. The Kier molecular flexibility index (Phi) is 2.86. The Morgan fingerprint density at radius 2 is 2.36 bits per heavy atom. The number of aromatic nitrogens is 1. The predicted molar refractivity (Wildman–Crippen MR) is 44.1 cm³/mol. The van der Waals surface area contributed by atoms with Crippen molar-refractivity contribution in [3.05, 3.63) is 23.9 Å². The van der Waals surface area contributed by atoms with E-state index in [0.717, 1.165) is 18.4 Å². The largest absolute Gasteiger partial charge is 0.396 e. The van der Waals surface area contributed by atoms with Crippen LogP contribution in [0.25, 0.3) is 0 Å². The maximum absolute atomic E-state index is 8.56. The fraction of sp³-hybridized carbons (Fsp3) is 0.375. The van der Waals surface area contributed by atoms with Crippen molar-refractivity contribution in [2.24, 2.45) is 0 Å². The number of aryl methyl sites for hydroxylation is 1. The van der Waals surface area contributed by atoms with Gasteiger partial charge in [0, 0.05) is 12.8 Å². The van der Waals surface area contributed by atoms with Gasteiger partial charge < -0.3 is 10.8 Å². The van der Waals surface area contributed by atoms with Crippen molar-refractivity contribution in [3.8, 4) is 0 Å². The van der Waals surface area contributed by atoms with Crippen molar-refractivity contribution in [3.63, 3.8) is 0 Å². The molecule has 3 nitrogen and oxygen atoms in total. The summed E-state index contributed by atoms with van der Waals surface area (Å²) in [6.45, 7) is 0.203. The Balaban J connectivity index is 2.62. The van der Waals surface area contributed by atoms with Crippen molar-refractivity contribution < 1.29 is 5.11 Å². The standard InChI is InChI=1S/C8H12N2O/c9-8-7(4-2-6-11)3-1-5-10-8/h1,3,5,11H,2,4,6H2,(H2,9,10). The molecule has 0 atom stereocenters. The van der Waals surface area contributed by atoms with Crippen molar-refractivity contribution in [1.82, 2.24) is 4.98 Å². The molecule has 0 bridgehead atoms. The number of anilines is 1. The highest BCUT2D eigenvalue weighted by Gasteiger charge is 1.96. The van der Waals surface area contributed by atoms with Crippen LogP contribution in [0.5, 0.6) is 0 Å². The first kappa shape index (κ1) is 8.01. The highest BCUT2D eigenvalue weighted by atomic mass is 16.2. The third-order valence-electron chi connectivity index (χ3n) is 1.53. The molecule has 0 aliphatic carbocycles. The van der Waals surface area contributed by atoms with Crippen LogP contribution in [-0.2, 0) is 6.42 Å². The Morgan fingerprint density at radius 1 is 1.55 bits per heavy atom. The van der Waals surface area contributed by atoms with E-state index in [4.69, 9.17) is 10.8 Å². The minimum atomic E-state index is 0.203. The van der Waals surface area contributed by atoms with E-state index in [0.29, 0.717) is 5.82 Å². The average molecular weight is 152 g/mol. The van der Waals surface area contributed by atoms with Crippen LogP contribution in [0.15, 0.2) is 18.3 Å². The van der Waals surface area contributed by atoms with Gasteiger partial charge in [0.2, 0.25) is 0 Å². The van der Waals surface area contributed by atoms with Crippen molar-refractivity contribution >= 4 is 5.82 Å². The minimum Gasteiger partial charge on any atom is -0.396 e. The lowest BCUT2D eigenvalue weighted by Crippen LogP contribution is -1.98. The summed E-state index contributed by atoms with van der Waals surface area (Å²) in [7, 11) is 0. The van der Waals surface area contributed by atoms with Crippen LogP contribution in [0.2, 0.25) is 0 Å². The molecule has 0 saturated carbocycles. The topological polar surface area (TPSA) is 59.1 Å². The quantitative estimate of drug-likeness (QED) is 0.666. The lowest BCUT2D eigenvalue weighted by Gasteiger charge is -2.01. The number of hydrogen-bond donors (Lipinski definition) is 2. The zero-order valence-electron chi connectivity index (χ0n) is 6.33. The van der Waals surface area contributed by atoms with Gasteiger partial charge in [-0.05, 0) is 24.5 Å². The highest BCUT2D eigenvalue weighted by Crippen LogP contribution is 2.08. The summed E-state index contributed by atoms with van der Waals surface area (Å²) in [6.07, 6.45) is 3.21. The zero-order valence-corrected chi connectivity index (χ0v) is 6.33. The number of rotatable bonds is 3. The molecule has 3 N–H and O–H groups in total. The fourth-order valence-corrected chi connectivity index (χ4v) is 0.932. The first-order chi connectivity index (χ1) is 5.34. The molecule has 11 heavy (non-hydrogen) atoms. The molecule has 60 valence electrons. The maximum Gasteiger partial charge on any atom is 0.126 e. The van der Waals surface area contributed by atoms with Crippen LogP contribution in [-0.4, -0.2) is 16.7 Å². The van der Waals surface area contributed by atoms with Crippen LogP contribution >= 0.6 is 0 Å². The molecule has 0 saturated heterocycles. The molecular weight excluding hydrogens is 140 g/mol. The van der Waals surface area contributed by atoms with Gasteiger partial charge in [-0.25, -0.2) is 4.98 Å². The van der Waals surface area contributed by atoms with Crippen molar-refractivity contribution in [1.29, 1.82) is 0 Å². The third-order valence-corrected chi connectivity index (χ3v) is 1.53. The SMILES string of the molecule is Nc1ncccc1CCCO. The van der Waals surface area contributed by atoms with E-state index in [2.05, 4.69) is 4.98 Å². The Morgan fingerprint density at radius 3 is 3.00 bits per heavy atom. The van der Waals surface area contributed by atoms with Gasteiger partial charge in [0.05, 0.1) is 0 Å². The van der Waals surface area contributed by atoms with E-state index in [1.54, 1.807) is 6.20 Å². The van der Waals surface area contributed by atoms with E-state index in [9.17, 15) is 0 Å². The number of hydrogen-bond acceptors (Lipinski definition) is 3. The average Bonchev–Trinajstić information content (AvgIpc) is 2.03. The molecule has 0 aliphatic heterocycles. The molecule has 0 amide bonds. The van der Waals surface area contributed by atoms with E-state index < -0.39 is 0 Å². The number of aliphatic hydroxyl groups is 1. The number of aliphatic hydroxyl groups excluding tert-OH is 1. The molecular formula is C8H12N2O. The van der Waals surface area contributed by atoms with Gasteiger partial charge in [0.15, 0.2) is 0 Å². The molecule has 1 rings (SSSR count). The molecule has 3 heteroatoms. The first-order valence-corrected chi connectivity index (χ1v) is 3.65. The molecule has 0 aromatic carbocycles. The lowest BCUT2D eigenvalue weighted by atomic mass is 10.1. The number of nitrogen functional groups attached to an aromatic ring is 1. The summed E-state index contributed by atoms with van der Waals surface area (Å²) < 4.78 is 0. The van der Waals surface area contributed by atoms with Gasteiger partial charge in [-0.1, -0.05) is 6.07 Å². The Bertz CT molecular complexity index is 225. The highest BCUT2D eigenvalue weighted by molar-refractivity contribution is 5.38. The summed E-state index contributed by atoms with van der Waals surface area (Å²) in [5, 5.41) is 8.56. The molecule has 0 spiro atoms. The summed E-state index contributed by atoms with van der Waals surface area (Å²) in [5.74, 6) is 0.570. The molecule has 1 heterocycles. The summed E-state index contributed by atoms with van der Waals surface area (Å²) >= 11 is 0. The third kappa shape index (κ3) is 2.20. The van der Waals surface area contributed by atoms with Crippen molar-refractivity contribution in [2.45, 2.75) is 12.8 Å². The smallest absolute Gasteiger partial charge is 0.126 e. The number of nitrogens with zero attached hydrogens (tertiary/aromatic N) is 1. The lowest BCUT2D eigenvalue weighted by molar-refractivity contribution is 0.288. The van der Waals surface area contributed by atoms with Crippen molar-refractivity contribution in [2.75, 3.05) is 12.3 Å². The maximum atomic E-state index is 8.56. The van der Waals surface area contributed by atoms with E-state index in [1.807, 2.05) is 12.1 Å². The molecule has 0 aliphatic rings. The van der Waals surface area contributed by atoms with E-state index >= 15 is 0 Å². The monoisotopic (exact) mass is 152 g/mol. The van der Waals surface area contributed by atoms with Crippen LogP contribution < -0.4 is 5.73 Å². The van der Waals surface area contributed by atoms with Crippen LogP contribution in [0.3, 0.4) is 0 Å². The molecule has 0 fully saturated rings. The molecule has 1 aromatic rings. The summed E-state index contributed by atoms with van der Waals surface area (Å²) in [4.78, 5) is 3.93. The van der Waals surface area contributed by atoms with Gasteiger partial charge in [0.1, 0.15) is 5.82 Å². The van der Waals surface area contributed by atoms with Gasteiger partial charge in [-0.15, -0.1) is 0 Å². The molecule has 0 unspecified atom stereocenters. The van der Waals surface area contributed by atoms with Gasteiger partial charge in [0.25, 0.3) is 0 Å². The number of pyridine rings is 1. The second kappa shape index (κ2) is 3.93. The Hall–Kier alpha value is -1.09. The predicted octanol–water partition coefficient (Wildman–Crippen LogP) is 0.589. The van der Waals surface area contributed by atoms with Crippen LogP contribution in [0, 0.1) is 0 Å².